The van der Waals surface area contributed by atoms with Crippen LogP contribution in [-0.2, 0) is 4.74 Å². The van der Waals surface area contributed by atoms with Crippen molar-refractivity contribution < 1.29 is 4.74 Å². The van der Waals surface area contributed by atoms with Crippen molar-refractivity contribution in [3.63, 3.8) is 0 Å². The summed E-state index contributed by atoms with van der Waals surface area (Å²) < 4.78 is 5.51. The Bertz CT molecular complexity index is 157. The van der Waals surface area contributed by atoms with Gasteiger partial charge in [-0.15, -0.1) is 0 Å². The van der Waals surface area contributed by atoms with Crippen molar-refractivity contribution in [2.45, 2.75) is 72.1 Å². The maximum Gasteiger partial charge on any atom is 0.0649 e. The van der Waals surface area contributed by atoms with Gasteiger partial charge in [-0.2, -0.15) is 0 Å². The van der Waals surface area contributed by atoms with Crippen LogP contribution in [0.3, 0.4) is 0 Å². The third kappa shape index (κ3) is 13.7. The van der Waals surface area contributed by atoms with Crippen LogP contribution in [0.2, 0.25) is 0 Å². The van der Waals surface area contributed by atoms with Crippen molar-refractivity contribution in [3.8, 4) is 0 Å². The maximum atomic E-state index is 5.51. The fraction of sp³-hybridized carbons (Fsp3) is 0.867. The summed E-state index contributed by atoms with van der Waals surface area (Å²) in [7, 11) is 0. The molecule has 0 N–H and O–H groups in total. The fourth-order valence-corrected chi connectivity index (χ4v) is 1.65. The first-order valence-corrected chi connectivity index (χ1v) is 6.98. The van der Waals surface area contributed by atoms with Gasteiger partial charge in [-0.05, 0) is 20.3 Å². The summed E-state index contributed by atoms with van der Waals surface area (Å²) in [6.07, 6.45) is 13.1. The molecule has 0 fully saturated rings. The van der Waals surface area contributed by atoms with E-state index < -0.39 is 0 Å². The summed E-state index contributed by atoms with van der Waals surface area (Å²) in [6, 6.07) is 0. The van der Waals surface area contributed by atoms with Crippen molar-refractivity contribution in [1.82, 2.24) is 0 Å². The molecule has 0 aromatic carbocycles. The van der Waals surface area contributed by atoms with E-state index in [0.29, 0.717) is 0 Å². The van der Waals surface area contributed by atoms with Crippen molar-refractivity contribution in [3.05, 3.63) is 11.6 Å². The second-order valence-corrected chi connectivity index (χ2v) is 4.83. The molecule has 0 amide bonds. The standard InChI is InChI=1S/C15H30O/c1-4-5-6-7-8-9-10-11-13-16-14-12-15(2)3/h12H,4-11,13-14H2,1-3H3. The molecule has 0 saturated carbocycles. The molecule has 0 heterocycles. The lowest BCUT2D eigenvalue weighted by molar-refractivity contribution is 0.156. The molecule has 0 aliphatic rings. The Kier molecular flexibility index (Phi) is 12.5. The zero-order valence-corrected chi connectivity index (χ0v) is 11.6. The molecule has 1 heteroatoms. The Balaban J connectivity index is 2.96. The van der Waals surface area contributed by atoms with Gasteiger partial charge < -0.3 is 4.74 Å². The smallest absolute Gasteiger partial charge is 0.0649 e. The van der Waals surface area contributed by atoms with Gasteiger partial charge in [0.1, 0.15) is 0 Å². The van der Waals surface area contributed by atoms with Gasteiger partial charge >= 0.3 is 0 Å². The van der Waals surface area contributed by atoms with Crippen molar-refractivity contribution in [1.29, 1.82) is 0 Å². The van der Waals surface area contributed by atoms with E-state index in [2.05, 4.69) is 26.8 Å². The first kappa shape index (κ1) is 15.7. The summed E-state index contributed by atoms with van der Waals surface area (Å²) in [5, 5.41) is 0. The Morgan fingerprint density at radius 1 is 0.875 bits per heavy atom. The van der Waals surface area contributed by atoms with E-state index in [0.717, 1.165) is 13.2 Å². The van der Waals surface area contributed by atoms with Crippen LogP contribution in [0, 0.1) is 0 Å². The van der Waals surface area contributed by atoms with Crippen molar-refractivity contribution in [2.24, 2.45) is 0 Å². The number of unbranched alkanes of at least 4 members (excludes halogenated alkanes) is 7. The van der Waals surface area contributed by atoms with Crippen molar-refractivity contribution in [2.75, 3.05) is 13.2 Å². The summed E-state index contributed by atoms with van der Waals surface area (Å²) in [5.74, 6) is 0. The summed E-state index contributed by atoms with van der Waals surface area (Å²) in [6.45, 7) is 8.21. The summed E-state index contributed by atoms with van der Waals surface area (Å²) in [5.41, 5.74) is 1.34. The highest BCUT2D eigenvalue weighted by atomic mass is 16.5. The van der Waals surface area contributed by atoms with E-state index in [1.807, 2.05) is 0 Å². The third-order valence-electron chi connectivity index (χ3n) is 2.75. The monoisotopic (exact) mass is 226 g/mol. The quantitative estimate of drug-likeness (QED) is 0.351. The number of allylic oxidation sites excluding steroid dienone is 1. The first-order valence-electron chi connectivity index (χ1n) is 6.98. The van der Waals surface area contributed by atoms with Gasteiger partial charge in [0.2, 0.25) is 0 Å². The average Bonchev–Trinajstić information content (AvgIpc) is 2.25. The molecule has 0 atom stereocenters. The molecule has 0 aliphatic heterocycles. The highest BCUT2D eigenvalue weighted by Crippen LogP contribution is 2.08. The molecule has 96 valence electrons. The van der Waals surface area contributed by atoms with Crippen LogP contribution in [0.15, 0.2) is 11.6 Å². The number of rotatable bonds is 11. The Morgan fingerprint density at radius 2 is 1.44 bits per heavy atom. The lowest BCUT2D eigenvalue weighted by Gasteiger charge is -2.02. The van der Waals surface area contributed by atoms with Crippen LogP contribution in [0.5, 0.6) is 0 Å². The van der Waals surface area contributed by atoms with E-state index in [-0.39, 0.29) is 0 Å². The van der Waals surface area contributed by atoms with Gasteiger partial charge in [0.25, 0.3) is 0 Å². The van der Waals surface area contributed by atoms with Gasteiger partial charge in [0, 0.05) is 6.61 Å². The summed E-state index contributed by atoms with van der Waals surface area (Å²) >= 11 is 0. The lowest BCUT2D eigenvalue weighted by Crippen LogP contribution is -1.94. The molecule has 0 spiro atoms. The molecule has 1 nitrogen and oxygen atoms in total. The molecule has 0 radical (unpaired) electrons. The topological polar surface area (TPSA) is 9.23 Å². The van der Waals surface area contributed by atoms with Crippen molar-refractivity contribution >= 4 is 0 Å². The van der Waals surface area contributed by atoms with Gasteiger partial charge in [0.05, 0.1) is 6.61 Å². The number of hydrogen-bond donors (Lipinski definition) is 0. The Hall–Kier alpha value is -0.300. The number of ether oxygens (including phenoxy) is 1. The SMILES string of the molecule is CCCCCCCCCCOCC=C(C)C. The highest BCUT2D eigenvalue weighted by molar-refractivity contribution is 4.92. The van der Waals surface area contributed by atoms with E-state index in [9.17, 15) is 0 Å². The Labute approximate surface area is 102 Å². The van der Waals surface area contributed by atoms with Crippen LogP contribution in [-0.4, -0.2) is 13.2 Å². The van der Waals surface area contributed by atoms with Crippen LogP contribution >= 0.6 is 0 Å². The average molecular weight is 226 g/mol. The minimum absolute atomic E-state index is 0.791. The molecule has 0 saturated heterocycles. The lowest BCUT2D eigenvalue weighted by atomic mass is 10.1. The highest BCUT2D eigenvalue weighted by Gasteiger charge is 1.91. The second kappa shape index (κ2) is 12.8. The van der Waals surface area contributed by atoms with E-state index in [1.54, 1.807) is 0 Å². The van der Waals surface area contributed by atoms with Crippen LogP contribution in [0.25, 0.3) is 0 Å². The second-order valence-electron chi connectivity index (χ2n) is 4.83. The minimum atomic E-state index is 0.791. The van der Waals surface area contributed by atoms with Crippen LogP contribution in [0.4, 0.5) is 0 Å². The molecule has 16 heavy (non-hydrogen) atoms. The predicted molar refractivity (Wildman–Crippen MR) is 72.9 cm³/mol. The fourth-order valence-electron chi connectivity index (χ4n) is 1.65. The van der Waals surface area contributed by atoms with Gasteiger partial charge in [-0.1, -0.05) is 63.5 Å². The van der Waals surface area contributed by atoms with E-state index in [1.165, 1.54) is 56.9 Å². The normalized spacial score (nSPS) is 10.4. The molecule has 0 aromatic heterocycles. The Morgan fingerprint density at radius 3 is 2.00 bits per heavy atom. The predicted octanol–water partition coefficient (Wildman–Crippen LogP) is 5.11. The molecular weight excluding hydrogens is 196 g/mol. The maximum absolute atomic E-state index is 5.51. The molecule has 0 rings (SSSR count). The third-order valence-corrected chi connectivity index (χ3v) is 2.75. The zero-order chi connectivity index (χ0) is 12.1. The van der Waals surface area contributed by atoms with Crippen LogP contribution in [0.1, 0.15) is 72.1 Å². The zero-order valence-electron chi connectivity index (χ0n) is 11.6. The summed E-state index contributed by atoms with van der Waals surface area (Å²) in [4.78, 5) is 0. The van der Waals surface area contributed by atoms with E-state index >= 15 is 0 Å². The van der Waals surface area contributed by atoms with E-state index in [4.69, 9.17) is 4.74 Å². The van der Waals surface area contributed by atoms with Gasteiger partial charge in [-0.25, -0.2) is 0 Å². The largest absolute Gasteiger partial charge is 0.377 e. The van der Waals surface area contributed by atoms with Gasteiger partial charge in [-0.3, -0.25) is 0 Å². The van der Waals surface area contributed by atoms with Crippen LogP contribution < -0.4 is 0 Å². The molecular formula is C15H30O. The minimum Gasteiger partial charge on any atom is -0.377 e. The number of hydrogen-bond acceptors (Lipinski definition) is 1. The molecule has 0 aromatic rings. The molecule has 0 bridgehead atoms. The first-order chi connectivity index (χ1) is 7.77. The molecule has 0 aliphatic carbocycles. The molecule has 0 unspecified atom stereocenters. The van der Waals surface area contributed by atoms with Gasteiger partial charge in [0.15, 0.2) is 0 Å².